The molecule has 3 saturated heterocycles. The van der Waals surface area contributed by atoms with Crippen LogP contribution in [0.4, 0.5) is 22.1 Å². The average molecular weight is 541 g/mol. The minimum absolute atomic E-state index is 0.236. The molecule has 1 amide bonds. The van der Waals surface area contributed by atoms with Crippen molar-refractivity contribution in [2.75, 3.05) is 80.1 Å². The van der Waals surface area contributed by atoms with E-state index in [1.54, 1.807) is 11.1 Å². The number of piperazine rings is 2. The van der Waals surface area contributed by atoms with Gasteiger partial charge in [-0.15, -0.1) is 0 Å². The Morgan fingerprint density at radius 3 is 2.14 bits per heavy atom. The van der Waals surface area contributed by atoms with Crippen molar-refractivity contribution >= 4 is 58.0 Å². The Hall–Kier alpha value is -3.25. The number of rotatable bonds is 5. The summed E-state index contributed by atoms with van der Waals surface area (Å²) < 4.78 is 5.44. The lowest BCUT2D eigenvalue weighted by Gasteiger charge is -2.43. The van der Waals surface area contributed by atoms with E-state index in [2.05, 4.69) is 41.0 Å². The molecule has 0 spiro atoms. The van der Waals surface area contributed by atoms with Gasteiger partial charge in [0.25, 0.3) is 0 Å². The van der Waals surface area contributed by atoms with E-state index in [9.17, 15) is 4.79 Å². The van der Waals surface area contributed by atoms with Gasteiger partial charge in [-0.1, -0.05) is 18.3 Å². The minimum Gasteiger partial charge on any atom is -0.442 e. The van der Waals surface area contributed by atoms with Crippen LogP contribution in [0.15, 0.2) is 42.7 Å². The second-order valence-electron chi connectivity index (χ2n) is 9.35. The summed E-state index contributed by atoms with van der Waals surface area (Å²) in [4.78, 5) is 32.9. The second-order valence-corrected chi connectivity index (χ2v) is 10.3. The highest BCUT2D eigenvalue weighted by atomic mass is 32.1. The van der Waals surface area contributed by atoms with Gasteiger partial charge in [0.1, 0.15) is 17.7 Å². The maximum absolute atomic E-state index is 12.3. The number of hydrogen-bond donors (Lipinski definition) is 1. The van der Waals surface area contributed by atoms with Crippen LogP contribution in [-0.4, -0.2) is 108 Å². The van der Waals surface area contributed by atoms with E-state index in [4.69, 9.17) is 29.2 Å². The third kappa shape index (κ3) is 6.02. The van der Waals surface area contributed by atoms with E-state index in [-0.39, 0.29) is 12.2 Å². The maximum atomic E-state index is 12.3. The van der Waals surface area contributed by atoms with Crippen LogP contribution in [0, 0.1) is 0 Å². The third-order valence-electron chi connectivity index (χ3n) is 6.89. The molecule has 5 rings (SSSR count). The van der Waals surface area contributed by atoms with Gasteiger partial charge in [0.2, 0.25) is 0 Å². The summed E-state index contributed by atoms with van der Waals surface area (Å²) in [5.74, 6) is 1.93. The van der Waals surface area contributed by atoms with E-state index in [1.165, 1.54) is 0 Å². The number of ether oxygens (including phenoxy) is 1. The van der Waals surface area contributed by atoms with E-state index in [0.717, 1.165) is 74.8 Å². The molecule has 196 valence electrons. The molecule has 0 aliphatic carbocycles. The fraction of sp³-hybridized carbons (Fsp3) is 0.480. The van der Waals surface area contributed by atoms with Crippen molar-refractivity contribution in [3.05, 3.63) is 42.7 Å². The molecule has 3 fully saturated rings. The Labute approximate surface area is 228 Å². The lowest BCUT2D eigenvalue weighted by atomic mass is 10.2. The highest BCUT2D eigenvalue weighted by Gasteiger charge is 2.32. The van der Waals surface area contributed by atoms with Crippen LogP contribution < -0.4 is 20.0 Å². The minimum atomic E-state index is -0.355. The second kappa shape index (κ2) is 11.4. The van der Waals surface area contributed by atoms with Gasteiger partial charge < -0.3 is 29.7 Å². The largest absolute Gasteiger partial charge is 0.442 e. The number of hydrogen-bond acceptors (Lipinski definition) is 8. The predicted molar refractivity (Wildman–Crippen MR) is 153 cm³/mol. The molecular weight excluding hydrogens is 508 g/mol. The Morgan fingerprint density at radius 1 is 0.946 bits per heavy atom. The Kier molecular flexibility index (Phi) is 7.85. The molecule has 3 aliphatic heterocycles. The highest BCUT2D eigenvalue weighted by molar-refractivity contribution is 7.80. The summed E-state index contributed by atoms with van der Waals surface area (Å²) in [7, 11) is 0. The van der Waals surface area contributed by atoms with Crippen LogP contribution in [-0.2, 0) is 4.74 Å². The van der Waals surface area contributed by atoms with Gasteiger partial charge in [-0.3, -0.25) is 4.90 Å². The maximum Gasteiger partial charge on any atom is 0.414 e. The first-order chi connectivity index (χ1) is 18.0. The molecular formula is C25H32N8O2S2. The van der Waals surface area contributed by atoms with Gasteiger partial charge in [0, 0.05) is 58.6 Å². The van der Waals surface area contributed by atoms with Crippen LogP contribution >= 0.6 is 24.4 Å². The number of nitrogens with one attached hydrogen (secondary N) is 1. The van der Waals surface area contributed by atoms with E-state index >= 15 is 0 Å². The van der Waals surface area contributed by atoms with Crippen molar-refractivity contribution < 1.29 is 9.53 Å². The Morgan fingerprint density at radius 2 is 1.59 bits per heavy atom. The van der Waals surface area contributed by atoms with Gasteiger partial charge >= 0.3 is 6.09 Å². The molecule has 2 aromatic rings. The topological polar surface area (TPSA) is 80.3 Å². The van der Waals surface area contributed by atoms with E-state index in [0.29, 0.717) is 18.1 Å². The van der Waals surface area contributed by atoms with Crippen molar-refractivity contribution in [1.82, 2.24) is 25.1 Å². The monoisotopic (exact) mass is 540 g/mol. The molecule has 1 atom stereocenters. The number of amides is 1. The van der Waals surface area contributed by atoms with Crippen LogP contribution in [0.5, 0.6) is 0 Å². The first-order valence-corrected chi connectivity index (χ1v) is 13.4. The molecule has 5 heterocycles. The Balaban J connectivity index is 1.09. The number of aromatic nitrogens is 2. The SMILES string of the molecule is CC(=S)NC[C@H]1CN(c2ccc(N3CCN(C(=S)N4CCN(c5ccccn5)CC4)CC3)nc2)C(=O)O1. The lowest BCUT2D eigenvalue weighted by molar-refractivity contribution is 0.143. The molecule has 10 nitrogen and oxygen atoms in total. The summed E-state index contributed by atoms with van der Waals surface area (Å²) in [6.07, 6.45) is 2.99. The molecule has 12 heteroatoms. The summed E-state index contributed by atoms with van der Waals surface area (Å²) in [6, 6.07) is 9.93. The normalized spacial score (nSPS) is 20.2. The number of thiocarbonyl (C=S) groups is 2. The molecule has 3 aliphatic rings. The zero-order valence-electron chi connectivity index (χ0n) is 21.0. The van der Waals surface area contributed by atoms with Crippen molar-refractivity contribution in [3.8, 4) is 0 Å². The van der Waals surface area contributed by atoms with Gasteiger partial charge in [-0.25, -0.2) is 14.8 Å². The first-order valence-electron chi connectivity index (χ1n) is 12.6. The van der Waals surface area contributed by atoms with Crippen molar-refractivity contribution in [3.63, 3.8) is 0 Å². The van der Waals surface area contributed by atoms with Crippen LogP contribution in [0.2, 0.25) is 0 Å². The zero-order chi connectivity index (χ0) is 25.8. The molecule has 0 bridgehead atoms. The van der Waals surface area contributed by atoms with Crippen molar-refractivity contribution in [2.45, 2.75) is 13.0 Å². The molecule has 37 heavy (non-hydrogen) atoms. The number of pyridine rings is 2. The third-order valence-corrected chi connectivity index (χ3v) is 7.56. The molecule has 0 aromatic carbocycles. The van der Waals surface area contributed by atoms with Gasteiger partial charge in [-0.2, -0.15) is 0 Å². The van der Waals surface area contributed by atoms with Gasteiger partial charge in [-0.05, 0) is 43.4 Å². The van der Waals surface area contributed by atoms with Crippen LogP contribution in [0.3, 0.4) is 0 Å². The summed E-state index contributed by atoms with van der Waals surface area (Å²) >= 11 is 10.9. The average Bonchev–Trinajstić information content (AvgIpc) is 3.32. The van der Waals surface area contributed by atoms with Crippen LogP contribution in [0.25, 0.3) is 0 Å². The first kappa shape index (κ1) is 25.4. The number of carbonyl (C=O) groups excluding carboxylic acids is 1. The summed E-state index contributed by atoms with van der Waals surface area (Å²) in [5, 5.41) is 3.99. The zero-order valence-corrected chi connectivity index (χ0v) is 22.6. The smallest absolute Gasteiger partial charge is 0.414 e. The lowest BCUT2D eigenvalue weighted by Crippen LogP contribution is -2.57. The van der Waals surface area contributed by atoms with Gasteiger partial charge in [0.15, 0.2) is 5.11 Å². The van der Waals surface area contributed by atoms with Crippen molar-refractivity contribution in [1.29, 1.82) is 0 Å². The van der Waals surface area contributed by atoms with Gasteiger partial charge in [0.05, 0.1) is 30.0 Å². The molecule has 2 aromatic heterocycles. The fourth-order valence-corrected chi connectivity index (χ4v) is 5.26. The molecule has 0 saturated carbocycles. The van der Waals surface area contributed by atoms with Crippen molar-refractivity contribution in [2.24, 2.45) is 0 Å². The molecule has 0 radical (unpaired) electrons. The summed E-state index contributed by atoms with van der Waals surface area (Å²) in [6.45, 7) is 9.83. The number of anilines is 3. The number of carbonyl (C=O) groups is 1. The number of cyclic esters (lactones) is 1. The molecule has 0 unspecified atom stereocenters. The van der Waals surface area contributed by atoms with E-state index < -0.39 is 0 Å². The molecule has 1 N–H and O–H groups in total. The number of nitrogens with zero attached hydrogens (tertiary/aromatic N) is 7. The van der Waals surface area contributed by atoms with E-state index in [1.807, 2.05) is 37.4 Å². The quantitative estimate of drug-likeness (QED) is 0.566. The Bertz CT molecular complexity index is 1100. The van der Waals surface area contributed by atoms with Crippen LogP contribution in [0.1, 0.15) is 6.92 Å². The fourth-order valence-electron chi connectivity index (χ4n) is 4.82. The standard InChI is InChI=1S/C25H32N8O2S2/c1-19(36)27-17-21-18-33(25(34)35-21)20-5-6-23(28-16-20)30-10-14-32(15-11-30)24(37)31-12-8-29(9-13-31)22-4-2-3-7-26-22/h2-7,16,21H,8-15,17-18H2,1H3,(H,27,36)/t21-/m0/s1. The predicted octanol–water partition coefficient (Wildman–Crippen LogP) is 1.97. The summed E-state index contributed by atoms with van der Waals surface area (Å²) in [5.41, 5.74) is 0.736. The highest BCUT2D eigenvalue weighted by Crippen LogP contribution is 2.24.